The molecular weight excluding hydrogens is 396 g/mol. The van der Waals surface area contributed by atoms with Crippen molar-refractivity contribution in [2.24, 2.45) is 0 Å². The predicted octanol–water partition coefficient (Wildman–Crippen LogP) is 1.82. The van der Waals surface area contributed by atoms with Crippen LogP contribution in [-0.4, -0.2) is 40.5 Å². The van der Waals surface area contributed by atoms with E-state index >= 15 is 0 Å². The molecule has 1 atom stereocenters. The number of fused-ring (bicyclic) bond motifs is 1. The number of benzene rings is 2. The summed E-state index contributed by atoms with van der Waals surface area (Å²) in [6, 6.07) is 16.4. The van der Waals surface area contributed by atoms with Crippen molar-refractivity contribution in [2.45, 2.75) is 11.3 Å². The summed E-state index contributed by atoms with van der Waals surface area (Å²) in [5.41, 5.74) is 5.45. The number of thioether (sulfide) groups is 1. The number of nitrogens with zero attached hydrogens (tertiary/aromatic N) is 2. The molecule has 2 aromatic carbocycles. The highest BCUT2D eigenvalue weighted by molar-refractivity contribution is 7.99. The summed E-state index contributed by atoms with van der Waals surface area (Å²) in [6.07, 6.45) is -0.859. The van der Waals surface area contributed by atoms with Gasteiger partial charge in [0.05, 0.1) is 5.75 Å². The quantitative estimate of drug-likeness (QED) is 0.482. The summed E-state index contributed by atoms with van der Waals surface area (Å²) >= 11 is 1.06. The smallest absolute Gasteiger partial charge is 0.283 e. The fourth-order valence-electron chi connectivity index (χ4n) is 2.49. The Kier molecular flexibility index (Phi) is 5.61. The third kappa shape index (κ3) is 4.66. The van der Waals surface area contributed by atoms with E-state index < -0.39 is 17.9 Å². The van der Waals surface area contributed by atoms with Gasteiger partial charge in [-0.3, -0.25) is 20.4 Å². The van der Waals surface area contributed by atoms with Gasteiger partial charge >= 0.3 is 0 Å². The second-order valence-electron chi connectivity index (χ2n) is 5.93. The standard InChI is InChI=1S/C19H16N4O5S/c24-16(11-29-19-23-22-18(28-19)12-6-2-1-3-7-12)20-21-17(25)15-10-26-13-8-4-5-9-14(13)27-15/h1-9,15H,10-11H2,(H,20,24)(H,21,25)/t15-/m1/s1. The summed E-state index contributed by atoms with van der Waals surface area (Å²) < 4.78 is 16.6. The second kappa shape index (κ2) is 8.65. The number of amides is 2. The first kappa shape index (κ1) is 18.8. The normalized spacial score (nSPS) is 14.8. The molecule has 0 unspecified atom stereocenters. The van der Waals surface area contributed by atoms with E-state index in [0.29, 0.717) is 17.4 Å². The van der Waals surface area contributed by atoms with E-state index in [1.165, 1.54) is 0 Å². The lowest BCUT2D eigenvalue weighted by Crippen LogP contribution is -2.51. The van der Waals surface area contributed by atoms with Crippen LogP contribution in [0.25, 0.3) is 11.5 Å². The topological polar surface area (TPSA) is 116 Å². The highest BCUT2D eigenvalue weighted by Gasteiger charge is 2.27. The van der Waals surface area contributed by atoms with Crippen molar-refractivity contribution >= 4 is 23.6 Å². The average molecular weight is 412 g/mol. The molecule has 0 spiro atoms. The molecule has 2 N–H and O–H groups in total. The predicted molar refractivity (Wildman–Crippen MR) is 103 cm³/mol. The summed E-state index contributed by atoms with van der Waals surface area (Å²) in [5, 5.41) is 8.10. The molecule has 4 rings (SSSR count). The summed E-state index contributed by atoms with van der Waals surface area (Å²) in [5.74, 6) is 0.470. The molecule has 10 heteroatoms. The SMILES string of the molecule is O=C(CSc1nnc(-c2ccccc2)o1)NNC(=O)[C@H]1COc2ccccc2O1. The van der Waals surface area contributed by atoms with Crippen molar-refractivity contribution in [2.75, 3.05) is 12.4 Å². The number of hydrogen-bond donors (Lipinski definition) is 2. The Hall–Kier alpha value is -3.53. The Bertz CT molecular complexity index is 1010. The molecular formula is C19H16N4O5S. The zero-order valence-electron chi connectivity index (χ0n) is 15.0. The first-order valence-electron chi connectivity index (χ1n) is 8.68. The fraction of sp³-hybridized carbons (Fsp3) is 0.158. The van der Waals surface area contributed by atoms with Crippen molar-refractivity contribution in [1.82, 2.24) is 21.0 Å². The number of hydrogen-bond acceptors (Lipinski definition) is 8. The molecule has 2 amide bonds. The summed E-state index contributed by atoms with van der Waals surface area (Å²) in [4.78, 5) is 24.1. The number of hydrazine groups is 1. The molecule has 148 valence electrons. The lowest BCUT2D eigenvalue weighted by molar-refractivity contribution is -0.134. The summed E-state index contributed by atoms with van der Waals surface area (Å²) in [7, 11) is 0. The average Bonchev–Trinajstić information content (AvgIpc) is 3.25. The molecule has 0 saturated heterocycles. The zero-order valence-corrected chi connectivity index (χ0v) is 15.8. The van der Waals surface area contributed by atoms with Gasteiger partial charge in [-0.05, 0) is 24.3 Å². The number of ether oxygens (including phenoxy) is 2. The molecule has 1 aliphatic heterocycles. The largest absolute Gasteiger partial charge is 0.485 e. The lowest BCUT2D eigenvalue weighted by Gasteiger charge is -2.25. The van der Waals surface area contributed by atoms with Crippen LogP contribution in [0.3, 0.4) is 0 Å². The molecule has 9 nitrogen and oxygen atoms in total. The van der Waals surface area contributed by atoms with E-state index in [-0.39, 0.29) is 17.6 Å². The second-order valence-corrected chi connectivity index (χ2v) is 6.86. The zero-order chi connectivity index (χ0) is 20.1. The van der Waals surface area contributed by atoms with Gasteiger partial charge in [-0.25, -0.2) is 0 Å². The first-order chi connectivity index (χ1) is 14.2. The maximum Gasteiger partial charge on any atom is 0.283 e. The van der Waals surface area contributed by atoms with Gasteiger partial charge in [0.15, 0.2) is 11.5 Å². The Morgan fingerprint density at radius 1 is 1.00 bits per heavy atom. The fourth-order valence-corrected chi connectivity index (χ4v) is 3.05. The van der Waals surface area contributed by atoms with Crippen LogP contribution in [0.5, 0.6) is 11.5 Å². The molecule has 0 aliphatic carbocycles. The van der Waals surface area contributed by atoms with E-state index in [2.05, 4.69) is 21.0 Å². The van der Waals surface area contributed by atoms with Crippen LogP contribution < -0.4 is 20.3 Å². The van der Waals surface area contributed by atoms with Crippen LogP contribution in [0, 0.1) is 0 Å². The number of carbonyl (C=O) groups is 2. The van der Waals surface area contributed by atoms with Crippen molar-refractivity contribution < 1.29 is 23.5 Å². The van der Waals surface area contributed by atoms with E-state index in [1.54, 1.807) is 18.2 Å². The maximum atomic E-state index is 12.2. The van der Waals surface area contributed by atoms with Crippen LogP contribution in [0.4, 0.5) is 0 Å². The summed E-state index contributed by atoms with van der Waals surface area (Å²) in [6.45, 7) is 0.0533. The molecule has 0 saturated carbocycles. The first-order valence-corrected chi connectivity index (χ1v) is 9.66. The minimum atomic E-state index is -0.859. The van der Waals surface area contributed by atoms with Crippen LogP contribution in [0.1, 0.15) is 0 Å². The van der Waals surface area contributed by atoms with Gasteiger partial charge in [-0.1, -0.05) is 42.1 Å². The highest BCUT2D eigenvalue weighted by Crippen LogP contribution is 2.30. The molecule has 0 fully saturated rings. The van der Waals surface area contributed by atoms with Gasteiger partial charge in [0, 0.05) is 5.56 Å². The Morgan fingerprint density at radius 2 is 1.76 bits per heavy atom. The van der Waals surface area contributed by atoms with Gasteiger partial charge in [-0.2, -0.15) is 0 Å². The number of rotatable bonds is 5. The third-order valence-electron chi connectivity index (χ3n) is 3.88. The van der Waals surface area contributed by atoms with Gasteiger partial charge < -0.3 is 13.9 Å². The highest BCUT2D eigenvalue weighted by atomic mass is 32.2. The van der Waals surface area contributed by atoms with Crippen LogP contribution in [-0.2, 0) is 9.59 Å². The Labute approximate surface area is 169 Å². The van der Waals surface area contributed by atoms with Crippen molar-refractivity contribution in [3.05, 3.63) is 54.6 Å². The molecule has 1 aliphatic rings. The molecule has 0 radical (unpaired) electrons. The Morgan fingerprint density at radius 3 is 2.59 bits per heavy atom. The van der Waals surface area contributed by atoms with E-state index in [0.717, 1.165) is 17.3 Å². The van der Waals surface area contributed by atoms with Gasteiger partial charge in [0.1, 0.15) is 6.61 Å². The molecule has 1 aromatic heterocycles. The minimum Gasteiger partial charge on any atom is -0.485 e. The molecule has 0 bridgehead atoms. The maximum absolute atomic E-state index is 12.2. The number of nitrogens with one attached hydrogen (secondary N) is 2. The minimum absolute atomic E-state index is 0.0123. The number of para-hydroxylation sites is 2. The third-order valence-corrected chi connectivity index (χ3v) is 4.70. The van der Waals surface area contributed by atoms with E-state index in [1.807, 2.05) is 36.4 Å². The Balaban J connectivity index is 1.23. The van der Waals surface area contributed by atoms with Crippen LogP contribution in [0.15, 0.2) is 64.2 Å². The van der Waals surface area contributed by atoms with Crippen molar-refractivity contribution in [3.63, 3.8) is 0 Å². The van der Waals surface area contributed by atoms with Crippen molar-refractivity contribution in [1.29, 1.82) is 0 Å². The van der Waals surface area contributed by atoms with Gasteiger partial charge in [0.25, 0.3) is 11.1 Å². The molecule has 2 heterocycles. The molecule has 3 aromatic rings. The monoisotopic (exact) mass is 412 g/mol. The lowest BCUT2D eigenvalue weighted by atomic mass is 10.2. The van der Waals surface area contributed by atoms with E-state index in [4.69, 9.17) is 13.9 Å². The van der Waals surface area contributed by atoms with Gasteiger partial charge in [0.2, 0.25) is 17.9 Å². The molecule has 29 heavy (non-hydrogen) atoms. The van der Waals surface area contributed by atoms with E-state index in [9.17, 15) is 9.59 Å². The number of aromatic nitrogens is 2. The van der Waals surface area contributed by atoms with Crippen LogP contribution >= 0.6 is 11.8 Å². The number of carbonyl (C=O) groups excluding carboxylic acids is 2. The van der Waals surface area contributed by atoms with Crippen LogP contribution in [0.2, 0.25) is 0 Å². The van der Waals surface area contributed by atoms with Gasteiger partial charge in [-0.15, -0.1) is 10.2 Å². The van der Waals surface area contributed by atoms with Crippen molar-refractivity contribution in [3.8, 4) is 23.0 Å².